The predicted molar refractivity (Wildman–Crippen MR) is 46.7 cm³/mol. The molecule has 0 aromatic carbocycles. The summed E-state index contributed by atoms with van der Waals surface area (Å²) in [4.78, 5) is 10.6. The van der Waals surface area contributed by atoms with E-state index in [1.54, 1.807) is 0 Å². The first-order chi connectivity index (χ1) is 6.11. The Hall–Kier alpha value is -0.660. The maximum absolute atomic E-state index is 11.3. The molecule has 0 saturated carbocycles. The lowest BCUT2D eigenvalue weighted by molar-refractivity contribution is -0.122. The van der Waals surface area contributed by atoms with Crippen LogP contribution in [0, 0.1) is 0 Å². The Morgan fingerprint density at radius 1 is 1.38 bits per heavy atom. The second-order valence-corrected chi connectivity index (χ2v) is 4.48. The second kappa shape index (κ2) is 4.03. The van der Waals surface area contributed by atoms with E-state index in [1.807, 2.05) is 0 Å². The Bertz CT molecular complexity index is 271. The van der Waals surface area contributed by atoms with Crippen molar-refractivity contribution in [3.63, 3.8) is 0 Å². The van der Waals surface area contributed by atoms with Crippen molar-refractivity contribution < 1.29 is 13.2 Å². The number of hydrogen-bond donors (Lipinski definition) is 1. The van der Waals surface area contributed by atoms with E-state index in [0.717, 1.165) is 17.3 Å². The highest BCUT2D eigenvalue weighted by atomic mass is 32.2. The predicted octanol–water partition coefficient (Wildman–Crippen LogP) is -1.08. The van der Waals surface area contributed by atoms with Crippen molar-refractivity contribution in [1.29, 1.82) is 0 Å². The van der Waals surface area contributed by atoms with Gasteiger partial charge in [-0.2, -0.15) is 17.6 Å². The minimum absolute atomic E-state index is 0.317. The van der Waals surface area contributed by atoms with Gasteiger partial charge in [0, 0.05) is 20.1 Å². The van der Waals surface area contributed by atoms with Crippen LogP contribution in [-0.4, -0.2) is 44.4 Å². The lowest BCUT2D eigenvalue weighted by atomic mass is 10.4. The average Bonchev–Trinajstić information content (AvgIpc) is 2.58. The van der Waals surface area contributed by atoms with Crippen LogP contribution in [0.25, 0.3) is 0 Å². The van der Waals surface area contributed by atoms with Gasteiger partial charge in [0.1, 0.15) is 0 Å². The highest BCUT2D eigenvalue weighted by molar-refractivity contribution is 7.87. The molecule has 0 aliphatic carbocycles. The summed E-state index contributed by atoms with van der Waals surface area (Å²) < 4.78 is 25.3. The highest BCUT2D eigenvalue weighted by Crippen LogP contribution is 2.11. The summed E-state index contributed by atoms with van der Waals surface area (Å²) in [5, 5.41) is 1.51. The molecule has 0 aromatic heterocycles. The molecule has 0 unspecified atom stereocenters. The van der Waals surface area contributed by atoms with Gasteiger partial charge in [0.05, 0.1) is 0 Å². The van der Waals surface area contributed by atoms with Gasteiger partial charge >= 0.3 is 10.2 Å². The molecule has 1 saturated heterocycles. The highest BCUT2D eigenvalue weighted by Gasteiger charge is 2.27. The van der Waals surface area contributed by atoms with Crippen molar-refractivity contribution in [3.8, 4) is 0 Å². The summed E-state index contributed by atoms with van der Waals surface area (Å²) in [6.45, 7) is 1.22. The van der Waals surface area contributed by atoms with Gasteiger partial charge in [0.15, 0.2) is 0 Å². The number of hydrogen-bond acceptors (Lipinski definition) is 4. The molecule has 0 aromatic rings. The van der Waals surface area contributed by atoms with Crippen LogP contribution < -0.4 is 4.72 Å². The molecule has 0 bridgehead atoms. The third-order valence-corrected chi connectivity index (χ3v) is 3.28. The normalized spacial score (nSPS) is 18.8. The van der Waals surface area contributed by atoms with Gasteiger partial charge < -0.3 is 0 Å². The SMILES string of the molecule is CNS(=O)(=O)N(C=O)N1CCCC1. The molecular formula is C6H13N3O3S. The van der Waals surface area contributed by atoms with Crippen LogP contribution in [0.15, 0.2) is 0 Å². The number of carbonyl (C=O) groups is 1. The molecule has 1 heterocycles. The Balaban J connectivity index is 2.77. The maximum atomic E-state index is 11.3. The van der Waals surface area contributed by atoms with Gasteiger partial charge in [-0.15, -0.1) is 0 Å². The summed E-state index contributed by atoms with van der Waals surface area (Å²) in [6.07, 6.45) is 2.16. The van der Waals surface area contributed by atoms with Crippen molar-refractivity contribution in [1.82, 2.24) is 14.1 Å². The fourth-order valence-corrected chi connectivity index (χ4v) is 2.03. The quantitative estimate of drug-likeness (QED) is 0.595. The van der Waals surface area contributed by atoms with Crippen molar-refractivity contribution in [3.05, 3.63) is 0 Å². The van der Waals surface area contributed by atoms with Crippen molar-refractivity contribution in [2.24, 2.45) is 0 Å². The fourth-order valence-electron chi connectivity index (χ4n) is 1.27. The largest absolute Gasteiger partial charge is 0.317 e. The Morgan fingerprint density at radius 2 is 1.92 bits per heavy atom. The van der Waals surface area contributed by atoms with E-state index in [9.17, 15) is 13.2 Å². The summed E-state index contributed by atoms with van der Waals surface area (Å²) in [5.74, 6) is 0. The number of carbonyl (C=O) groups excluding carboxylic acids is 1. The van der Waals surface area contributed by atoms with Crippen LogP contribution in [0.4, 0.5) is 0 Å². The van der Waals surface area contributed by atoms with Gasteiger partial charge in [-0.3, -0.25) is 4.79 Å². The minimum Gasteiger partial charge on any atom is -0.276 e. The minimum atomic E-state index is -3.65. The molecule has 76 valence electrons. The third kappa shape index (κ3) is 2.17. The van der Waals surface area contributed by atoms with Crippen molar-refractivity contribution in [2.45, 2.75) is 12.8 Å². The van der Waals surface area contributed by atoms with Gasteiger partial charge in [-0.05, 0) is 12.8 Å². The van der Waals surface area contributed by atoms with Crippen LogP contribution in [0.5, 0.6) is 0 Å². The Morgan fingerprint density at radius 3 is 2.31 bits per heavy atom. The molecule has 6 nitrogen and oxygen atoms in total. The molecule has 0 atom stereocenters. The van der Waals surface area contributed by atoms with E-state index in [-0.39, 0.29) is 0 Å². The molecule has 1 rings (SSSR count). The monoisotopic (exact) mass is 207 g/mol. The lowest BCUT2D eigenvalue weighted by Crippen LogP contribution is -2.48. The Labute approximate surface area is 77.7 Å². The summed E-state index contributed by atoms with van der Waals surface area (Å²) >= 11 is 0. The summed E-state index contributed by atoms with van der Waals surface area (Å²) in [6, 6.07) is 0. The van der Waals surface area contributed by atoms with Gasteiger partial charge in [-0.25, -0.2) is 5.01 Å². The van der Waals surface area contributed by atoms with Gasteiger partial charge in [0.2, 0.25) is 6.41 Å². The lowest BCUT2D eigenvalue weighted by Gasteiger charge is -2.25. The van der Waals surface area contributed by atoms with E-state index >= 15 is 0 Å². The first kappa shape index (κ1) is 10.4. The number of nitrogens with zero attached hydrogens (tertiary/aromatic N) is 2. The van der Waals surface area contributed by atoms with E-state index in [1.165, 1.54) is 12.1 Å². The van der Waals surface area contributed by atoms with E-state index in [4.69, 9.17) is 0 Å². The number of amides is 1. The third-order valence-electron chi connectivity index (χ3n) is 1.96. The van der Waals surface area contributed by atoms with Crippen LogP contribution in [-0.2, 0) is 15.0 Å². The van der Waals surface area contributed by atoms with Crippen LogP contribution in [0.1, 0.15) is 12.8 Å². The second-order valence-electron chi connectivity index (χ2n) is 2.75. The number of hydrazine groups is 1. The number of nitrogens with one attached hydrogen (secondary N) is 1. The van der Waals surface area contributed by atoms with Gasteiger partial charge in [0.25, 0.3) is 0 Å². The standard InChI is InChI=1S/C6H13N3O3S/c1-7-13(11,12)9(6-10)8-4-2-3-5-8/h6-7H,2-5H2,1H3. The van der Waals surface area contributed by atoms with Crippen molar-refractivity contribution in [2.75, 3.05) is 20.1 Å². The molecule has 1 aliphatic rings. The number of rotatable bonds is 4. The average molecular weight is 207 g/mol. The fraction of sp³-hybridized carbons (Fsp3) is 0.833. The van der Waals surface area contributed by atoms with E-state index < -0.39 is 10.2 Å². The Kier molecular flexibility index (Phi) is 3.23. The van der Waals surface area contributed by atoms with Crippen LogP contribution in [0.3, 0.4) is 0 Å². The van der Waals surface area contributed by atoms with Crippen molar-refractivity contribution >= 4 is 16.6 Å². The molecule has 1 amide bonds. The van der Waals surface area contributed by atoms with Crippen LogP contribution >= 0.6 is 0 Å². The zero-order valence-electron chi connectivity index (χ0n) is 7.43. The molecule has 0 radical (unpaired) electrons. The van der Waals surface area contributed by atoms with Gasteiger partial charge in [-0.1, -0.05) is 0 Å². The smallest absolute Gasteiger partial charge is 0.276 e. The van der Waals surface area contributed by atoms with Crippen LogP contribution in [0.2, 0.25) is 0 Å². The molecule has 1 aliphatic heterocycles. The molecule has 13 heavy (non-hydrogen) atoms. The molecule has 0 spiro atoms. The zero-order chi connectivity index (χ0) is 9.90. The zero-order valence-corrected chi connectivity index (χ0v) is 8.25. The topological polar surface area (TPSA) is 69.7 Å². The first-order valence-electron chi connectivity index (χ1n) is 4.05. The van der Waals surface area contributed by atoms with E-state index in [0.29, 0.717) is 19.5 Å². The molecule has 1 fully saturated rings. The maximum Gasteiger partial charge on any atom is 0.317 e. The summed E-state index contributed by atoms with van der Waals surface area (Å²) in [5.41, 5.74) is 0. The van der Waals surface area contributed by atoms with E-state index in [2.05, 4.69) is 4.72 Å². The molecular weight excluding hydrogens is 194 g/mol. The molecule has 1 N–H and O–H groups in total. The first-order valence-corrected chi connectivity index (χ1v) is 5.49. The summed E-state index contributed by atoms with van der Waals surface area (Å²) in [7, 11) is -2.37. The molecule has 7 heteroatoms.